The molecule has 0 saturated carbocycles. The van der Waals surface area contributed by atoms with Crippen molar-refractivity contribution in [3.05, 3.63) is 29.2 Å². The topological polar surface area (TPSA) is 42.2 Å². The fourth-order valence-corrected chi connectivity index (χ4v) is 3.09. The first kappa shape index (κ1) is 13.6. The standard InChI is InChI=1S/C16H24N4/c1-3-5-6-12(4-2)14-9-16-18-11-13-10-17-8-7-15(13)20(16)19-14/h9,11-12,17H,3-8,10H2,1-2H3. The van der Waals surface area contributed by atoms with Crippen molar-refractivity contribution in [1.82, 2.24) is 19.9 Å². The van der Waals surface area contributed by atoms with Gasteiger partial charge in [0.15, 0.2) is 5.65 Å². The van der Waals surface area contributed by atoms with Gasteiger partial charge in [0.1, 0.15) is 0 Å². The zero-order valence-corrected chi connectivity index (χ0v) is 12.5. The summed E-state index contributed by atoms with van der Waals surface area (Å²) in [6.07, 6.45) is 7.98. The molecule has 1 N–H and O–H groups in total. The molecule has 0 bridgehead atoms. The van der Waals surface area contributed by atoms with E-state index in [4.69, 9.17) is 5.10 Å². The van der Waals surface area contributed by atoms with Gasteiger partial charge in [-0.05, 0) is 12.8 Å². The molecule has 0 aliphatic carbocycles. The van der Waals surface area contributed by atoms with E-state index in [1.807, 2.05) is 6.20 Å². The molecule has 3 heterocycles. The highest BCUT2D eigenvalue weighted by Gasteiger charge is 2.18. The average Bonchev–Trinajstić information content (AvgIpc) is 2.92. The summed E-state index contributed by atoms with van der Waals surface area (Å²) in [6, 6.07) is 2.19. The Kier molecular flexibility index (Phi) is 4.01. The van der Waals surface area contributed by atoms with Gasteiger partial charge in [0.2, 0.25) is 0 Å². The van der Waals surface area contributed by atoms with E-state index < -0.39 is 0 Å². The molecule has 1 atom stereocenters. The lowest BCUT2D eigenvalue weighted by Gasteiger charge is -2.17. The van der Waals surface area contributed by atoms with E-state index in [0.29, 0.717) is 5.92 Å². The van der Waals surface area contributed by atoms with Gasteiger partial charge >= 0.3 is 0 Å². The molecule has 0 aromatic carbocycles. The highest BCUT2D eigenvalue weighted by molar-refractivity contribution is 5.43. The molecule has 4 nitrogen and oxygen atoms in total. The lowest BCUT2D eigenvalue weighted by molar-refractivity contribution is 0.549. The third-order valence-corrected chi connectivity index (χ3v) is 4.36. The van der Waals surface area contributed by atoms with Crippen molar-refractivity contribution < 1.29 is 0 Å². The maximum Gasteiger partial charge on any atom is 0.155 e. The van der Waals surface area contributed by atoms with Crippen molar-refractivity contribution in [2.75, 3.05) is 6.54 Å². The number of hydrogen-bond donors (Lipinski definition) is 1. The van der Waals surface area contributed by atoms with Crippen molar-refractivity contribution in [3.63, 3.8) is 0 Å². The molecule has 4 heteroatoms. The smallest absolute Gasteiger partial charge is 0.155 e. The first-order valence-corrected chi connectivity index (χ1v) is 7.90. The number of aromatic nitrogens is 3. The van der Waals surface area contributed by atoms with Crippen LogP contribution in [0.2, 0.25) is 0 Å². The molecule has 3 rings (SSSR count). The predicted octanol–water partition coefficient (Wildman–Crippen LogP) is 3.06. The molecule has 2 aromatic rings. The van der Waals surface area contributed by atoms with Crippen LogP contribution in [0.15, 0.2) is 12.3 Å². The number of nitrogens with one attached hydrogen (secondary N) is 1. The van der Waals surface area contributed by atoms with Gasteiger partial charge in [0, 0.05) is 43.3 Å². The zero-order chi connectivity index (χ0) is 13.9. The third kappa shape index (κ3) is 2.44. The lowest BCUT2D eigenvalue weighted by Crippen LogP contribution is -2.26. The Bertz CT molecular complexity index is 587. The maximum atomic E-state index is 4.88. The number of hydrogen-bond acceptors (Lipinski definition) is 3. The van der Waals surface area contributed by atoms with Gasteiger partial charge in [-0.2, -0.15) is 5.10 Å². The minimum Gasteiger partial charge on any atom is -0.312 e. The van der Waals surface area contributed by atoms with E-state index in [9.17, 15) is 0 Å². The molecule has 0 saturated heterocycles. The van der Waals surface area contributed by atoms with Crippen molar-refractivity contribution in [1.29, 1.82) is 0 Å². The normalized spacial score (nSPS) is 16.3. The monoisotopic (exact) mass is 272 g/mol. The van der Waals surface area contributed by atoms with E-state index >= 15 is 0 Å². The van der Waals surface area contributed by atoms with Crippen LogP contribution in [0.25, 0.3) is 5.65 Å². The molecule has 0 radical (unpaired) electrons. The van der Waals surface area contributed by atoms with Crippen molar-refractivity contribution in [2.45, 2.75) is 58.4 Å². The molecule has 2 aromatic heterocycles. The fraction of sp³-hybridized carbons (Fsp3) is 0.625. The van der Waals surface area contributed by atoms with E-state index in [0.717, 1.165) is 31.6 Å². The molecule has 1 aliphatic heterocycles. The summed E-state index contributed by atoms with van der Waals surface area (Å²) in [4.78, 5) is 4.57. The van der Waals surface area contributed by atoms with E-state index in [1.165, 1.54) is 36.2 Å². The van der Waals surface area contributed by atoms with Crippen LogP contribution in [-0.4, -0.2) is 21.1 Å². The van der Waals surface area contributed by atoms with E-state index in [2.05, 4.69) is 34.7 Å². The minimum absolute atomic E-state index is 0.578. The zero-order valence-electron chi connectivity index (χ0n) is 12.5. The summed E-state index contributed by atoms with van der Waals surface area (Å²) < 4.78 is 2.08. The highest BCUT2D eigenvalue weighted by atomic mass is 15.3. The number of unbranched alkanes of at least 4 members (excludes halogenated alkanes) is 1. The third-order valence-electron chi connectivity index (χ3n) is 4.36. The highest BCUT2D eigenvalue weighted by Crippen LogP contribution is 2.26. The maximum absolute atomic E-state index is 4.88. The molecular formula is C16H24N4. The van der Waals surface area contributed by atoms with Crippen LogP contribution in [0.4, 0.5) is 0 Å². The van der Waals surface area contributed by atoms with Crippen LogP contribution in [0.1, 0.15) is 62.4 Å². The Hall–Kier alpha value is -1.42. The van der Waals surface area contributed by atoms with Gasteiger partial charge in [-0.3, -0.25) is 0 Å². The Labute approximate surface area is 120 Å². The molecule has 20 heavy (non-hydrogen) atoms. The molecule has 0 fully saturated rings. The summed E-state index contributed by atoms with van der Waals surface area (Å²) in [5.41, 5.74) is 4.86. The lowest BCUT2D eigenvalue weighted by atomic mass is 9.96. The quantitative estimate of drug-likeness (QED) is 0.909. The van der Waals surface area contributed by atoms with Gasteiger partial charge in [0.25, 0.3) is 0 Å². The largest absolute Gasteiger partial charge is 0.312 e. The summed E-state index contributed by atoms with van der Waals surface area (Å²) in [6.45, 7) is 6.47. The number of fused-ring (bicyclic) bond motifs is 3. The second-order valence-corrected chi connectivity index (χ2v) is 5.74. The molecule has 0 amide bonds. The van der Waals surface area contributed by atoms with Crippen LogP contribution in [0, 0.1) is 0 Å². The first-order chi connectivity index (χ1) is 9.83. The minimum atomic E-state index is 0.578. The molecule has 1 aliphatic rings. The SMILES string of the molecule is CCCCC(CC)c1cc2ncc3c(n2n1)CCNC3. The van der Waals surface area contributed by atoms with Gasteiger partial charge in [-0.15, -0.1) is 0 Å². The molecule has 1 unspecified atom stereocenters. The Morgan fingerprint density at radius 2 is 2.30 bits per heavy atom. The molecule has 108 valence electrons. The van der Waals surface area contributed by atoms with Crippen LogP contribution in [0.5, 0.6) is 0 Å². The van der Waals surface area contributed by atoms with Crippen LogP contribution < -0.4 is 5.32 Å². The van der Waals surface area contributed by atoms with E-state index in [1.54, 1.807) is 0 Å². The van der Waals surface area contributed by atoms with Crippen LogP contribution in [-0.2, 0) is 13.0 Å². The second-order valence-electron chi connectivity index (χ2n) is 5.74. The average molecular weight is 272 g/mol. The van der Waals surface area contributed by atoms with Crippen molar-refractivity contribution in [2.24, 2.45) is 0 Å². The van der Waals surface area contributed by atoms with Gasteiger partial charge in [-0.25, -0.2) is 9.50 Å². The molecular weight excluding hydrogens is 248 g/mol. The van der Waals surface area contributed by atoms with Crippen molar-refractivity contribution in [3.8, 4) is 0 Å². The van der Waals surface area contributed by atoms with E-state index in [-0.39, 0.29) is 0 Å². The Balaban J connectivity index is 1.97. The van der Waals surface area contributed by atoms with Crippen LogP contribution >= 0.6 is 0 Å². The fourth-order valence-electron chi connectivity index (χ4n) is 3.09. The predicted molar refractivity (Wildman–Crippen MR) is 81.0 cm³/mol. The summed E-state index contributed by atoms with van der Waals surface area (Å²) in [5.74, 6) is 0.578. The Morgan fingerprint density at radius 3 is 3.10 bits per heavy atom. The van der Waals surface area contributed by atoms with Crippen LogP contribution in [0.3, 0.4) is 0 Å². The molecule has 0 spiro atoms. The van der Waals surface area contributed by atoms with Gasteiger partial charge in [0.05, 0.1) is 11.4 Å². The first-order valence-electron chi connectivity index (χ1n) is 7.90. The summed E-state index contributed by atoms with van der Waals surface area (Å²) >= 11 is 0. The second kappa shape index (κ2) is 5.92. The summed E-state index contributed by atoms with van der Waals surface area (Å²) in [7, 11) is 0. The number of nitrogens with zero attached hydrogens (tertiary/aromatic N) is 3. The summed E-state index contributed by atoms with van der Waals surface area (Å²) in [5, 5.41) is 8.27. The van der Waals surface area contributed by atoms with Crippen molar-refractivity contribution >= 4 is 5.65 Å². The van der Waals surface area contributed by atoms with Gasteiger partial charge in [-0.1, -0.05) is 26.7 Å². The number of rotatable bonds is 5. The Morgan fingerprint density at radius 1 is 1.40 bits per heavy atom. The van der Waals surface area contributed by atoms with Gasteiger partial charge < -0.3 is 5.32 Å².